The van der Waals surface area contributed by atoms with Gasteiger partial charge in [0.25, 0.3) is 0 Å². The Morgan fingerprint density at radius 2 is 1.93 bits per heavy atom. The van der Waals surface area contributed by atoms with Gasteiger partial charge in [0.05, 0.1) is 18.1 Å². The van der Waals surface area contributed by atoms with Gasteiger partial charge in [-0.25, -0.2) is 8.42 Å². The highest BCUT2D eigenvalue weighted by molar-refractivity contribution is 7.91. The summed E-state index contributed by atoms with van der Waals surface area (Å²) in [6.07, 6.45) is 0.571. The van der Waals surface area contributed by atoms with E-state index in [0.717, 1.165) is 26.2 Å². The molecule has 7 heteroatoms. The fourth-order valence-electron chi connectivity index (χ4n) is 4.14. The molecule has 1 aromatic carbocycles. The number of aryl methyl sites for hydroxylation is 1. The van der Waals surface area contributed by atoms with Gasteiger partial charge in [-0.1, -0.05) is 26.0 Å². The first-order valence-corrected chi connectivity index (χ1v) is 12.1. The fourth-order valence-corrected chi connectivity index (χ4v) is 5.87. The van der Waals surface area contributed by atoms with Crippen molar-refractivity contribution in [3.05, 3.63) is 29.8 Å². The van der Waals surface area contributed by atoms with Crippen LogP contribution in [0.1, 0.15) is 25.8 Å². The van der Waals surface area contributed by atoms with Gasteiger partial charge in [-0.3, -0.25) is 9.69 Å². The molecular weight excluding hydrogens is 374 g/mol. The van der Waals surface area contributed by atoms with Gasteiger partial charge in [-0.15, -0.1) is 0 Å². The van der Waals surface area contributed by atoms with Gasteiger partial charge in [0.1, 0.15) is 0 Å². The first-order chi connectivity index (χ1) is 13.2. The Balaban J connectivity index is 1.57. The number of carbonyl (C=O) groups excluding carboxylic acids is 1. The molecule has 1 aromatic rings. The lowest BCUT2D eigenvalue weighted by atomic mass is 10.1. The fraction of sp³-hybridized carbons (Fsp3) is 0.667. The molecule has 0 radical (unpaired) electrons. The molecule has 2 saturated heterocycles. The van der Waals surface area contributed by atoms with Crippen molar-refractivity contribution in [1.82, 2.24) is 9.80 Å². The third kappa shape index (κ3) is 5.47. The van der Waals surface area contributed by atoms with E-state index in [2.05, 4.69) is 54.8 Å². The lowest BCUT2D eigenvalue weighted by molar-refractivity contribution is -0.135. The van der Waals surface area contributed by atoms with E-state index < -0.39 is 9.84 Å². The van der Waals surface area contributed by atoms with Crippen molar-refractivity contribution < 1.29 is 13.2 Å². The maximum absolute atomic E-state index is 13.0. The van der Waals surface area contributed by atoms with E-state index in [-0.39, 0.29) is 23.5 Å². The van der Waals surface area contributed by atoms with Crippen molar-refractivity contribution in [1.29, 1.82) is 0 Å². The summed E-state index contributed by atoms with van der Waals surface area (Å²) in [6.45, 7) is 10.8. The number of piperazine rings is 1. The molecule has 0 bridgehead atoms. The summed E-state index contributed by atoms with van der Waals surface area (Å²) in [5.41, 5.74) is 2.49. The molecule has 28 heavy (non-hydrogen) atoms. The lowest BCUT2D eigenvalue weighted by Crippen LogP contribution is -2.52. The van der Waals surface area contributed by atoms with Gasteiger partial charge < -0.3 is 9.80 Å². The Kier molecular flexibility index (Phi) is 6.65. The van der Waals surface area contributed by atoms with Gasteiger partial charge in [0.15, 0.2) is 9.84 Å². The Morgan fingerprint density at radius 3 is 2.50 bits per heavy atom. The van der Waals surface area contributed by atoms with Crippen LogP contribution in [0.25, 0.3) is 0 Å². The van der Waals surface area contributed by atoms with Gasteiger partial charge in [0.2, 0.25) is 5.91 Å². The molecule has 0 saturated carbocycles. The molecule has 2 aliphatic rings. The highest BCUT2D eigenvalue weighted by Gasteiger charge is 2.35. The van der Waals surface area contributed by atoms with E-state index >= 15 is 0 Å². The molecule has 2 fully saturated rings. The summed E-state index contributed by atoms with van der Waals surface area (Å²) in [7, 11) is -3.00. The molecule has 0 N–H and O–H groups in total. The smallest absolute Gasteiger partial charge is 0.237 e. The second kappa shape index (κ2) is 8.82. The number of nitrogens with zero attached hydrogens (tertiary/aromatic N) is 3. The summed E-state index contributed by atoms with van der Waals surface area (Å²) in [5, 5.41) is 0. The summed E-state index contributed by atoms with van der Waals surface area (Å²) < 4.78 is 23.8. The third-order valence-electron chi connectivity index (χ3n) is 5.63. The second-order valence-electron chi connectivity index (χ2n) is 8.60. The molecule has 156 valence electrons. The van der Waals surface area contributed by atoms with Crippen LogP contribution in [-0.2, 0) is 14.6 Å². The van der Waals surface area contributed by atoms with Crippen molar-refractivity contribution in [3.8, 4) is 0 Å². The zero-order valence-electron chi connectivity index (χ0n) is 17.3. The Labute approximate surface area is 169 Å². The summed E-state index contributed by atoms with van der Waals surface area (Å²) in [4.78, 5) is 19.4. The highest BCUT2D eigenvalue weighted by atomic mass is 32.2. The highest BCUT2D eigenvalue weighted by Crippen LogP contribution is 2.21. The number of rotatable bonds is 6. The number of carbonyl (C=O) groups is 1. The predicted octanol–water partition coefficient (Wildman–Crippen LogP) is 1.79. The molecule has 0 aromatic heterocycles. The molecule has 1 amide bonds. The standard InChI is InChI=1S/C21H33N3O3S/c1-17(2)14-24(20-7-12-28(26,27)16-20)21(25)15-22-8-10-23(11-9-22)19-6-4-5-18(3)13-19/h4-6,13,17,20H,7-12,14-16H2,1-3H3/t20-/m1/s1. The number of sulfone groups is 1. The zero-order chi connectivity index (χ0) is 20.3. The van der Waals surface area contributed by atoms with Crippen molar-refractivity contribution in [2.45, 2.75) is 33.2 Å². The molecule has 3 rings (SSSR count). The van der Waals surface area contributed by atoms with Crippen LogP contribution in [0.5, 0.6) is 0 Å². The van der Waals surface area contributed by atoms with Crippen LogP contribution in [0.2, 0.25) is 0 Å². The number of hydrogen-bond acceptors (Lipinski definition) is 5. The maximum Gasteiger partial charge on any atom is 0.237 e. The van der Waals surface area contributed by atoms with Gasteiger partial charge in [-0.2, -0.15) is 0 Å². The minimum absolute atomic E-state index is 0.0693. The summed E-state index contributed by atoms with van der Waals surface area (Å²) in [6, 6.07) is 8.36. The van der Waals surface area contributed by atoms with Crippen LogP contribution in [0.4, 0.5) is 5.69 Å². The third-order valence-corrected chi connectivity index (χ3v) is 7.38. The summed E-state index contributed by atoms with van der Waals surface area (Å²) in [5.74, 6) is 0.714. The van der Waals surface area contributed by atoms with E-state index in [4.69, 9.17) is 0 Å². The Hall–Kier alpha value is -1.60. The predicted molar refractivity (Wildman–Crippen MR) is 113 cm³/mol. The SMILES string of the molecule is Cc1cccc(N2CCN(CC(=O)N(CC(C)C)[C@@H]3CCS(=O)(=O)C3)CC2)c1. The van der Waals surface area contributed by atoms with E-state index in [1.807, 2.05) is 4.90 Å². The van der Waals surface area contributed by atoms with Crippen LogP contribution in [-0.4, -0.2) is 80.9 Å². The second-order valence-corrected chi connectivity index (χ2v) is 10.8. The minimum Gasteiger partial charge on any atom is -0.369 e. The van der Waals surface area contributed by atoms with Crippen LogP contribution >= 0.6 is 0 Å². The quantitative estimate of drug-likeness (QED) is 0.720. The Morgan fingerprint density at radius 1 is 1.21 bits per heavy atom. The molecule has 0 spiro atoms. The number of benzene rings is 1. The molecule has 2 aliphatic heterocycles. The maximum atomic E-state index is 13.0. The van der Waals surface area contributed by atoms with Crippen molar-refractivity contribution in [2.24, 2.45) is 5.92 Å². The normalized spacial score (nSPS) is 22.6. The first kappa shape index (κ1) is 21.1. The van der Waals surface area contributed by atoms with Crippen LogP contribution < -0.4 is 4.90 Å². The molecule has 1 atom stereocenters. The largest absolute Gasteiger partial charge is 0.369 e. The zero-order valence-corrected chi connectivity index (χ0v) is 18.1. The van der Waals surface area contributed by atoms with E-state index in [1.165, 1.54) is 11.3 Å². The van der Waals surface area contributed by atoms with E-state index in [1.54, 1.807) is 0 Å². The average molecular weight is 408 g/mol. The van der Waals surface area contributed by atoms with Crippen molar-refractivity contribution in [3.63, 3.8) is 0 Å². The first-order valence-electron chi connectivity index (χ1n) is 10.3. The monoisotopic (exact) mass is 407 g/mol. The Bertz CT molecular complexity index is 786. The molecule has 0 aliphatic carbocycles. The van der Waals surface area contributed by atoms with E-state index in [9.17, 15) is 13.2 Å². The number of anilines is 1. The number of amides is 1. The van der Waals surface area contributed by atoms with Gasteiger partial charge in [0, 0.05) is 44.5 Å². The topological polar surface area (TPSA) is 60.9 Å². The molecule has 2 heterocycles. The molecule has 6 nitrogen and oxygen atoms in total. The molecule has 0 unspecified atom stereocenters. The van der Waals surface area contributed by atoms with Crippen molar-refractivity contribution in [2.75, 3.05) is 55.7 Å². The van der Waals surface area contributed by atoms with Gasteiger partial charge >= 0.3 is 0 Å². The van der Waals surface area contributed by atoms with Crippen LogP contribution in [0, 0.1) is 12.8 Å². The van der Waals surface area contributed by atoms with Gasteiger partial charge in [-0.05, 0) is 37.0 Å². The minimum atomic E-state index is -3.00. The summed E-state index contributed by atoms with van der Waals surface area (Å²) >= 11 is 0. The van der Waals surface area contributed by atoms with Crippen molar-refractivity contribution >= 4 is 21.4 Å². The lowest BCUT2D eigenvalue weighted by Gasteiger charge is -2.38. The van der Waals surface area contributed by atoms with E-state index in [0.29, 0.717) is 25.4 Å². The number of hydrogen-bond donors (Lipinski definition) is 0. The molecular formula is C21H33N3O3S. The van der Waals surface area contributed by atoms with Crippen LogP contribution in [0.15, 0.2) is 24.3 Å². The average Bonchev–Trinajstić information content (AvgIpc) is 2.99. The van der Waals surface area contributed by atoms with Crippen LogP contribution in [0.3, 0.4) is 0 Å².